The van der Waals surface area contributed by atoms with Gasteiger partial charge in [-0.2, -0.15) is 13.2 Å². The molecule has 30 heavy (non-hydrogen) atoms. The van der Waals surface area contributed by atoms with Crippen molar-refractivity contribution >= 4 is 5.91 Å². The third-order valence-corrected chi connectivity index (χ3v) is 6.78. The predicted molar refractivity (Wildman–Crippen MR) is 111 cm³/mol. The Hall–Kier alpha value is -1.08. The van der Waals surface area contributed by atoms with Crippen LogP contribution >= 0.6 is 0 Å². The fourth-order valence-electron chi connectivity index (χ4n) is 4.67. The molecule has 1 N–H and O–H groups in total. The average molecular weight is 434 g/mol. The van der Waals surface area contributed by atoms with Crippen LogP contribution in [0.25, 0.3) is 0 Å². The summed E-state index contributed by atoms with van der Waals surface area (Å²) in [5.41, 5.74) is -0.537. The number of rotatable bonds is 2. The summed E-state index contributed by atoms with van der Waals surface area (Å²) in [5, 5.41) is 2.30. The SMILES string of the molecule is C/C1=C/CC(C)(C2OCCO2)CCCCCCCC(C)CC1(C)NC(=O)C(F)(F)F. The highest BCUT2D eigenvalue weighted by molar-refractivity contribution is 5.82. The summed E-state index contributed by atoms with van der Waals surface area (Å²) in [6.45, 7) is 8.87. The number of allylic oxidation sites excluding steroid dienone is 1. The maximum Gasteiger partial charge on any atom is 0.471 e. The molecule has 1 aliphatic carbocycles. The minimum absolute atomic E-state index is 0.211. The summed E-state index contributed by atoms with van der Waals surface area (Å²) in [5.74, 6) is -1.67. The zero-order chi connectivity index (χ0) is 22.4. The van der Waals surface area contributed by atoms with Gasteiger partial charge in [0, 0.05) is 5.41 Å². The Labute approximate surface area is 179 Å². The van der Waals surface area contributed by atoms with Crippen LogP contribution in [-0.4, -0.2) is 37.1 Å². The largest absolute Gasteiger partial charge is 0.471 e. The summed E-state index contributed by atoms with van der Waals surface area (Å²) in [6.07, 6.45) is 5.36. The van der Waals surface area contributed by atoms with E-state index in [0.29, 0.717) is 26.1 Å². The van der Waals surface area contributed by atoms with Gasteiger partial charge in [-0.15, -0.1) is 0 Å². The van der Waals surface area contributed by atoms with Crippen LogP contribution in [0.1, 0.15) is 85.5 Å². The Bertz CT molecular complexity index is 601. The highest BCUT2D eigenvalue weighted by Crippen LogP contribution is 2.39. The molecule has 1 saturated heterocycles. The first kappa shape index (κ1) is 25.2. The monoisotopic (exact) mass is 433 g/mol. The Morgan fingerprint density at radius 1 is 1.10 bits per heavy atom. The number of carbonyl (C=O) groups excluding carboxylic acids is 1. The standard InChI is InChI=1S/C23H38F3NO3/c1-17-10-8-6-5-7-9-12-21(3,20-29-14-15-30-20)13-11-18(2)22(4,16-17)27-19(28)23(24,25)26/h11,17,20H,5-10,12-16H2,1-4H3,(H,27,28)/b18-11-. The van der Waals surface area contributed by atoms with E-state index in [-0.39, 0.29) is 17.6 Å². The van der Waals surface area contributed by atoms with E-state index in [1.54, 1.807) is 6.92 Å². The van der Waals surface area contributed by atoms with Gasteiger partial charge in [0.2, 0.25) is 0 Å². The fourth-order valence-corrected chi connectivity index (χ4v) is 4.67. The molecule has 3 atom stereocenters. The lowest BCUT2D eigenvalue weighted by molar-refractivity contribution is -0.175. The first-order valence-electron chi connectivity index (χ1n) is 11.3. The number of halogens is 3. The fraction of sp³-hybridized carbons (Fsp3) is 0.870. The molecule has 1 aliphatic heterocycles. The maximum absolute atomic E-state index is 13.0. The van der Waals surface area contributed by atoms with E-state index in [4.69, 9.17) is 9.47 Å². The van der Waals surface area contributed by atoms with Crippen LogP contribution in [-0.2, 0) is 14.3 Å². The van der Waals surface area contributed by atoms with Crippen LogP contribution in [0.2, 0.25) is 0 Å². The molecule has 4 nitrogen and oxygen atoms in total. The molecular formula is C23H38F3NO3. The zero-order valence-corrected chi connectivity index (χ0v) is 18.9. The molecule has 1 heterocycles. The molecule has 0 spiro atoms. The first-order valence-corrected chi connectivity index (χ1v) is 11.3. The lowest BCUT2D eigenvalue weighted by Gasteiger charge is -2.37. The average Bonchev–Trinajstić information content (AvgIpc) is 3.19. The van der Waals surface area contributed by atoms with E-state index in [9.17, 15) is 18.0 Å². The predicted octanol–water partition coefficient (Wildman–Crippen LogP) is 5.91. The topological polar surface area (TPSA) is 47.6 Å². The van der Waals surface area contributed by atoms with Crippen molar-refractivity contribution in [3.8, 4) is 0 Å². The molecule has 0 aromatic carbocycles. The minimum Gasteiger partial charge on any atom is -0.350 e. The Morgan fingerprint density at radius 2 is 1.70 bits per heavy atom. The van der Waals surface area contributed by atoms with Gasteiger partial charge in [-0.1, -0.05) is 64.0 Å². The molecule has 2 rings (SSSR count). The Balaban J connectivity index is 2.30. The molecule has 0 bridgehead atoms. The van der Waals surface area contributed by atoms with Crippen LogP contribution in [0.5, 0.6) is 0 Å². The summed E-state index contributed by atoms with van der Waals surface area (Å²) >= 11 is 0. The van der Waals surface area contributed by atoms with Crippen molar-refractivity contribution in [3.05, 3.63) is 11.6 Å². The van der Waals surface area contributed by atoms with Crippen molar-refractivity contribution in [3.63, 3.8) is 0 Å². The molecule has 0 radical (unpaired) electrons. The third-order valence-electron chi connectivity index (χ3n) is 6.78. The van der Waals surface area contributed by atoms with E-state index in [2.05, 4.69) is 19.2 Å². The zero-order valence-electron chi connectivity index (χ0n) is 18.9. The normalized spacial score (nSPS) is 35.3. The second-order valence-corrected chi connectivity index (χ2v) is 9.72. The van der Waals surface area contributed by atoms with Gasteiger partial charge in [-0.05, 0) is 39.0 Å². The summed E-state index contributed by atoms with van der Waals surface area (Å²) in [6, 6.07) is 0. The van der Waals surface area contributed by atoms with Gasteiger partial charge >= 0.3 is 12.1 Å². The lowest BCUT2D eigenvalue weighted by atomic mass is 9.76. The molecule has 3 unspecified atom stereocenters. The number of hydrogen-bond donors (Lipinski definition) is 1. The van der Waals surface area contributed by atoms with Crippen molar-refractivity contribution in [1.29, 1.82) is 0 Å². The molecule has 1 amide bonds. The molecule has 1 fully saturated rings. The van der Waals surface area contributed by atoms with Crippen molar-refractivity contribution < 1.29 is 27.4 Å². The van der Waals surface area contributed by atoms with Crippen LogP contribution in [0.3, 0.4) is 0 Å². The quantitative estimate of drug-likeness (QED) is 0.551. The molecule has 0 aromatic heterocycles. The lowest BCUT2D eigenvalue weighted by Crippen LogP contribution is -2.52. The molecule has 174 valence electrons. The number of amides is 1. The van der Waals surface area contributed by atoms with Gasteiger partial charge in [0.05, 0.1) is 18.8 Å². The Kier molecular flexibility index (Phi) is 8.80. The van der Waals surface area contributed by atoms with Gasteiger partial charge in [0.15, 0.2) is 6.29 Å². The van der Waals surface area contributed by atoms with Crippen LogP contribution in [0.4, 0.5) is 13.2 Å². The number of alkyl halides is 3. The van der Waals surface area contributed by atoms with Crippen LogP contribution in [0, 0.1) is 11.3 Å². The first-order chi connectivity index (χ1) is 14.0. The highest BCUT2D eigenvalue weighted by atomic mass is 19.4. The number of carbonyl (C=O) groups is 1. The summed E-state index contributed by atoms with van der Waals surface area (Å²) in [7, 11) is 0. The van der Waals surface area contributed by atoms with Gasteiger partial charge in [0.25, 0.3) is 0 Å². The van der Waals surface area contributed by atoms with Crippen molar-refractivity contribution in [2.45, 2.75) is 103 Å². The number of ether oxygens (including phenoxy) is 2. The summed E-state index contributed by atoms with van der Waals surface area (Å²) in [4.78, 5) is 11.8. The molecule has 0 saturated carbocycles. The number of nitrogens with one attached hydrogen (secondary N) is 1. The van der Waals surface area contributed by atoms with Gasteiger partial charge in [-0.3, -0.25) is 4.79 Å². The maximum atomic E-state index is 13.0. The van der Waals surface area contributed by atoms with Crippen molar-refractivity contribution in [1.82, 2.24) is 5.32 Å². The molecule has 0 aromatic rings. The van der Waals surface area contributed by atoms with Crippen molar-refractivity contribution in [2.24, 2.45) is 11.3 Å². The van der Waals surface area contributed by atoms with E-state index in [1.807, 2.05) is 13.0 Å². The Morgan fingerprint density at radius 3 is 2.33 bits per heavy atom. The second-order valence-electron chi connectivity index (χ2n) is 9.72. The smallest absolute Gasteiger partial charge is 0.350 e. The van der Waals surface area contributed by atoms with E-state index < -0.39 is 17.6 Å². The van der Waals surface area contributed by atoms with E-state index in [1.165, 1.54) is 6.42 Å². The molecule has 2 aliphatic rings. The van der Waals surface area contributed by atoms with Crippen molar-refractivity contribution in [2.75, 3.05) is 13.2 Å². The molecule has 7 heteroatoms. The minimum atomic E-state index is -4.90. The van der Waals surface area contributed by atoms with Crippen LogP contribution in [0.15, 0.2) is 11.6 Å². The third kappa shape index (κ3) is 6.98. The van der Waals surface area contributed by atoms with E-state index in [0.717, 1.165) is 44.1 Å². The van der Waals surface area contributed by atoms with Gasteiger partial charge in [0.1, 0.15) is 0 Å². The van der Waals surface area contributed by atoms with Crippen LogP contribution < -0.4 is 5.32 Å². The summed E-state index contributed by atoms with van der Waals surface area (Å²) < 4.78 is 50.6. The van der Waals surface area contributed by atoms with Gasteiger partial charge in [-0.25, -0.2) is 0 Å². The molecular weight excluding hydrogens is 395 g/mol. The number of hydrogen-bond acceptors (Lipinski definition) is 3. The highest BCUT2D eigenvalue weighted by Gasteiger charge is 2.44. The second kappa shape index (κ2) is 10.5. The van der Waals surface area contributed by atoms with Gasteiger partial charge < -0.3 is 14.8 Å². The van der Waals surface area contributed by atoms with E-state index >= 15 is 0 Å².